The molecule has 0 atom stereocenters. The van der Waals surface area contributed by atoms with Gasteiger partial charge in [-0.1, -0.05) is 0 Å². The predicted molar refractivity (Wildman–Crippen MR) is 36.9 cm³/mol. The van der Waals surface area contributed by atoms with Gasteiger partial charge in [-0.2, -0.15) is 0 Å². The van der Waals surface area contributed by atoms with Gasteiger partial charge >= 0.3 is 5.97 Å². The minimum absolute atomic E-state index is 0.179. The van der Waals surface area contributed by atoms with Gasteiger partial charge in [0.2, 0.25) is 0 Å². The number of ether oxygens (including phenoxy) is 3. The summed E-state index contributed by atoms with van der Waals surface area (Å²) in [4.78, 5) is 10.5. The van der Waals surface area contributed by atoms with Gasteiger partial charge in [0.15, 0.2) is 6.29 Å². The molecule has 0 radical (unpaired) electrons. The zero-order valence-corrected chi connectivity index (χ0v) is 6.70. The minimum atomic E-state index is -0.295. The molecule has 11 heavy (non-hydrogen) atoms. The van der Waals surface area contributed by atoms with Gasteiger partial charge in [-0.05, 0) is 6.92 Å². The maximum absolute atomic E-state index is 10.5. The van der Waals surface area contributed by atoms with Crippen molar-refractivity contribution in [1.29, 1.82) is 0 Å². The summed E-state index contributed by atoms with van der Waals surface area (Å²) in [6.07, 6.45) is -0.412. The highest BCUT2D eigenvalue weighted by Crippen LogP contribution is 2.07. The van der Waals surface area contributed by atoms with Gasteiger partial charge in [0.25, 0.3) is 0 Å². The first-order chi connectivity index (χ1) is 5.18. The molecule has 0 saturated carbocycles. The lowest BCUT2D eigenvalue weighted by Crippen LogP contribution is -2.36. The Labute approximate surface area is 65.4 Å². The zero-order valence-electron chi connectivity index (χ0n) is 6.70. The molecule has 0 amide bonds. The number of carbonyl (C=O) groups is 1. The third kappa shape index (κ3) is 2.86. The van der Waals surface area contributed by atoms with E-state index in [4.69, 9.17) is 14.2 Å². The van der Waals surface area contributed by atoms with Gasteiger partial charge in [0, 0.05) is 6.92 Å². The molecule has 0 aliphatic carbocycles. The average molecular weight is 160 g/mol. The molecule has 1 aliphatic rings. The standard InChI is InChI=1S/C7H12O4/c1-5(8)11-7-3-9-6(2)10-4-7/h6-7H,3-4H2,1-2H3. The summed E-state index contributed by atoms with van der Waals surface area (Å²) in [7, 11) is 0. The van der Waals surface area contributed by atoms with Gasteiger partial charge in [-0.15, -0.1) is 0 Å². The first-order valence-electron chi connectivity index (χ1n) is 3.59. The summed E-state index contributed by atoms with van der Waals surface area (Å²) < 4.78 is 15.0. The van der Waals surface area contributed by atoms with Crippen LogP contribution in [-0.2, 0) is 19.0 Å². The van der Waals surface area contributed by atoms with E-state index in [2.05, 4.69) is 0 Å². The molecule has 64 valence electrons. The van der Waals surface area contributed by atoms with Crippen LogP contribution >= 0.6 is 0 Å². The Morgan fingerprint density at radius 3 is 2.45 bits per heavy atom. The molecule has 1 saturated heterocycles. The third-order valence-electron chi connectivity index (χ3n) is 1.37. The van der Waals surface area contributed by atoms with Crippen LogP contribution in [0.5, 0.6) is 0 Å². The van der Waals surface area contributed by atoms with E-state index in [1.807, 2.05) is 6.92 Å². The molecule has 0 aromatic carbocycles. The Morgan fingerprint density at radius 2 is 2.00 bits per heavy atom. The molecule has 1 heterocycles. The fraction of sp³-hybridized carbons (Fsp3) is 0.857. The van der Waals surface area contributed by atoms with Crippen LogP contribution in [0.4, 0.5) is 0 Å². The van der Waals surface area contributed by atoms with Gasteiger partial charge in [-0.25, -0.2) is 0 Å². The van der Waals surface area contributed by atoms with Gasteiger partial charge in [0.1, 0.15) is 6.10 Å². The van der Waals surface area contributed by atoms with E-state index in [9.17, 15) is 4.79 Å². The topological polar surface area (TPSA) is 44.8 Å². The largest absolute Gasteiger partial charge is 0.458 e. The van der Waals surface area contributed by atoms with E-state index in [1.165, 1.54) is 6.92 Å². The summed E-state index contributed by atoms with van der Waals surface area (Å²) in [5.74, 6) is -0.295. The van der Waals surface area contributed by atoms with Crippen LogP contribution in [0.15, 0.2) is 0 Å². The lowest BCUT2D eigenvalue weighted by Gasteiger charge is -2.26. The second-order valence-electron chi connectivity index (χ2n) is 2.47. The Balaban J connectivity index is 2.22. The summed E-state index contributed by atoms with van der Waals surface area (Å²) in [5.41, 5.74) is 0. The van der Waals surface area contributed by atoms with Gasteiger partial charge in [-0.3, -0.25) is 4.79 Å². The van der Waals surface area contributed by atoms with Gasteiger partial charge < -0.3 is 14.2 Å². The molecule has 1 rings (SSSR count). The predicted octanol–water partition coefficient (Wildman–Crippen LogP) is 0.311. The van der Waals surface area contributed by atoms with Crippen molar-refractivity contribution in [3.63, 3.8) is 0 Å². The number of hydrogen-bond acceptors (Lipinski definition) is 4. The molecular formula is C7H12O4. The molecule has 0 bridgehead atoms. The molecule has 4 nitrogen and oxygen atoms in total. The fourth-order valence-corrected chi connectivity index (χ4v) is 0.885. The number of hydrogen-bond donors (Lipinski definition) is 0. The Bertz CT molecular complexity index is 137. The fourth-order valence-electron chi connectivity index (χ4n) is 0.885. The normalized spacial score (nSPS) is 31.5. The van der Waals surface area contributed by atoms with Crippen molar-refractivity contribution in [3.05, 3.63) is 0 Å². The first kappa shape index (κ1) is 8.49. The highest BCUT2D eigenvalue weighted by molar-refractivity contribution is 5.66. The van der Waals surface area contributed by atoms with Crippen LogP contribution in [0.1, 0.15) is 13.8 Å². The second-order valence-corrected chi connectivity index (χ2v) is 2.47. The highest BCUT2D eigenvalue weighted by atomic mass is 16.7. The second kappa shape index (κ2) is 3.69. The van der Waals surface area contributed by atoms with E-state index in [0.29, 0.717) is 13.2 Å². The lowest BCUT2D eigenvalue weighted by atomic mass is 10.4. The molecule has 0 aromatic rings. The minimum Gasteiger partial charge on any atom is -0.458 e. The van der Waals surface area contributed by atoms with Crippen LogP contribution in [0.25, 0.3) is 0 Å². The van der Waals surface area contributed by atoms with Crippen molar-refractivity contribution < 1.29 is 19.0 Å². The molecule has 4 heteroatoms. The Hall–Kier alpha value is -0.610. The number of rotatable bonds is 1. The van der Waals surface area contributed by atoms with Gasteiger partial charge in [0.05, 0.1) is 13.2 Å². The van der Waals surface area contributed by atoms with E-state index < -0.39 is 0 Å². The van der Waals surface area contributed by atoms with Crippen LogP contribution in [0.3, 0.4) is 0 Å². The van der Waals surface area contributed by atoms with E-state index in [-0.39, 0.29) is 18.4 Å². The highest BCUT2D eigenvalue weighted by Gasteiger charge is 2.20. The van der Waals surface area contributed by atoms with Crippen molar-refractivity contribution in [2.45, 2.75) is 26.2 Å². The molecule has 0 spiro atoms. The van der Waals surface area contributed by atoms with E-state index in [1.54, 1.807) is 0 Å². The maximum atomic E-state index is 10.5. The molecule has 0 unspecified atom stereocenters. The van der Waals surface area contributed by atoms with Crippen molar-refractivity contribution in [3.8, 4) is 0 Å². The van der Waals surface area contributed by atoms with E-state index >= 15 is 0 Å². The Kier molecular flexibility index (Phi) is 2.84. The van der Waals surface area contributed by atoms with Crippen molar-refractivity contribution in [2.24, 2.45) is 0 Å². The van der Waals surface area contributed by atoms with Crippen LogP contribution in [0, 0.1) is 0 Å². The summed E-state index contributed by atoms with van der Waals surface area (Å²) in [6.45, 7) is 4.05. The zero-order chi connectivity index (χ0) is 8.27. The van der Waals surface area contributed by atoms with Crippen molar-refractivity contribution >= 4 is 5.97 Å². The van der Waals surface area contributed by atoms with Crippen LogP contribution in [-0.4, -0.2) is 31.6 Å². The first-order valence-corrected chi connectivity index (χ1v) is 3.59. The van der Waals surface area contributed by atoms with Crippen molar-refractivity contribution in [2.75, 3.05) is 13.2 Å². The quantitative estimate of drug-likeness (QED) is 0.518. The lowest BCUT2D eigenvalue weighted by molar-refractivity contribution is -0.217. The summed E-state index contributed by atoms with van der Waals surface area (Å²) in [6, 6.07) is 0. The molecular weight excluding hydrogens is 148 g/mol. The number of carbonyl (C=O) groups excluding carboxylic acids is 1. The maximum Gasteiger partial charge on any atom is 0.303 e. The molecule has 0 aromatic heterocycles. The number of esters is 1. The van der Waals surface area contributed by atoms with Crippen LogP contribution < -0.4 is 0 Å². The van der Waals surface area contributed by atoms with E-state index in [0.717, 1.165) is 0 Å². The average Bonchev–Trinajstić information content (AvgIpc) is 1.93. The summed E-state index contributed by atoms with van der Waals surface area (Å²) in [5, 5.41) is 0. The molecule has 0 N–H and O–H groups in total. The third-order valence-corrected chi connectivity index (χ3v) is 1.37. The molecule has 1 fully saturated rings. The Morgan fingerprint density at radius 1 is 1.45 bits per heavy atom. The SMILES string of the molecule is CC(=O)OC1COC(C)OC1. The molecule has 1 aliphatic heterocycles. The monoisotopic (exact) mass is 160 g/mol. The van der Waals surface area contributed by atoms with Crippen molar-refractivity contribution in [1.82, 2.24) is 0 Å². The van der Waals surface area contributed by atoms with Crippen LogP contribution in [0.2, 0.25) is 0 Å². The summed E-state index contributed by atoms with van der Waals surface area (Å²) >= 11 is 0. The smallest absolute Gasteiger partial charge is 0.303 e.